The number of nitrogens with zero attached hydrogens (tertiary/aromatic N) is 2. The second-order valence-electron chi connectivity index (χ2n) is 5.94. The number of hydrogen-bond donors (Lipinski definition) is 2. The molecule has 1 aromatic heterocycles. The van der Waals surface area contributed by atoms with Crippen molar-refractivity contribution in [2.24, 2.45) is 5.92 Å². The van der Waals surface area contributed by atoms with Crippen molar-refractivity contribution in [2.75, 3.05) is 6.54 Å². The minimum atomic E-state index is -0.518. The first-order valence-electron chi connectivity index (χ1n) is 7.91. The molecule has 21 heavy (non-hydrogen) atoms. The highest BCUT2D eigenvalue weighted by Crippen LogP contribution is 2.31. The number of carbonyl (C=O) groups is 1. The molecule has 5 heteroatoms. The molecule has 0 radical (unpaired) electrons. The summed E-state index contributed by atoms with van der Waals surface area (Å²) < 4.78 is 0. The van der Waals surface area contributed by atoms with Crippen LogP contribution in [-0.4, -0.2) is 33.6 Å². The molecule has 2 unspecified atom stereocenters. The van der Waals surface area contributed by atoms with Crippen LogP contribution in [0.25, 0.3) is 0 Å². The number of carbonyl (C=O) groups excluding carboxylic acids is 1. The van der Waals surface area contributed by atoms with Gasteiger partial charge in [-0.05, 0) is 24.8 Å². The molecule has 2 rings (SSSR count). The van der Waals surface area contributed by atoms with Gasteiger partial charge in [0.25, 0.3) is 5.91 Å². The maximum absolute atomic E-state index is 12.1. The highest BCUT2D eigenvalue weighted by Gasteiger charge is 2.21. The lowest BCUT2D eigenvalue weighted by atomic mass is 10.0. The average molecular weight is 291 g/mol. The van der Waals surface area contributed by atoms with Gasteiger partial charge in [0.15, 0.2) is 0 Å². The highest BCUT2D eigenvalue weighted by atomic mass is 16.3. The molecule has 0 bridgehead atoms. The maximum atomic E-state index is 12.1. The highest BCUT2D eigenvalue weighted by molar-refractivity contribution is 5.92. The molecule has 1 fully saturated rings. The van der Waals surface area contributed by atoms with Crippen LogP contribution in [0, 0.1) is 5.92 Å². The molecule has 1 aliphatic carbocycles. The zero-order valence-electron chi connectivity index (χ0n) is 12.9. The van der Waals surface area contributed by atoms with Crippen LogP contribution in [0.1, 0.15) is 68.2 Å². The third-order valence-corrected chi connectivity index (χ3v) is 4.40. The van der Waals surface area contributed by atoms with Crippen LogP contribution in [0.5, 0.6) is 0 Å². The molecule has 1 amide bonds. The Labute approximate surface area is 126 Å². The van der Waals surface area contributed by atoms with Gasteiger partial charge in [-0.3, -0.25) is 4.79 Å². The van der Waals surface area contributed by atoms with Crippen LogP contribution >= 0.6 is 0 Å². The van der Waals surface area contributed by atoms with Crippen LogP contribution in [0.3, 0.4) is 0 Å². The van der Waals surface area contributed by atoms with Crippen molar-refractivity contribution in [1.82, 2.24) is 15.3 Å². The van der Waals surface area contributed by atoms with E-state index in [0.29, 0.717) is 11.6 Å². The Kier molecular flexibility index (Phi) is 5.67. The van der Waals surface area contributed by atoms with Gasteiger partial charge in [-0.2, -0.15) is 0 Å². The summed E-state index contributed by atoms with van der Waals surface area (Å²) >= 11 is 0. The molecule has 0 aliphatic heterocycles. The van der Waals surface area contributed by atoms with E-state index in [1.165, 1.54) is 12.8 Å². The SMILES string of the molecule is CCC(C)C(O)CNC(=O)c1ccnc(C2CCCC2)n1. The molecular weight excluding hydrogens is 266 g/mol. The van der Waals surface area contributed by atoms with Crippen molar-refractivity contribution >= 4 is 5.91 Å². The molecule has 1 heterocycles. The van der Waals surface area contributed by atoms with Crippen LogP contribution in [0.15, 0.2) is 12.3 Å². The van der Waals surface area contributed by atoms with E-state index in [1.807, 2.05) is 13.8 Å². The molecule has 1 saturated carbocycles. The maximum Gasteiger partial charge on any atom is 0.270 e. The van der Waals surface area contributed by atoms with Crippen molar-refractivity contribution in [1.29, 1.82) is 0 Å². The fourth-order valence-corrected chi connectivity index (χ4v) is 2.64. The quantitative estimate of drug-likeness (QED) is 0.843. The molecule has 0 spiro atoms. The van der Waals surface area contributed by atoms with E-state index in [2.05, 4.69) is 15.3 Å². The molecule has 2 N–H and O–H groups in total. The molecule has 2 atom stereocenters. The lowest BCUT2D eigenvalue weighted by Gasteiger charge is -2.17. The normalized spacial score (nSPS) is 18.4. The summed E-state index contributed by atoms with van der Waals surface area (Å²) in [4.78, 5) is 20.8. The molecule has 1 aromatic rings. The van der Waals surface area contributed by atoms with Gasteiger partial charge >= 0.3 is 0 Å². The van der Waals surface area contributed by atoms with E-state index in [0.717, 1.165) is 25.1 Å². The lowest BCUT2D eigenvalue weighted by Crippen LogP contribution is -2.35. The van der Waals surface area contributed by atoms with Gasteiger partial charge < -0.3 is 10.4 Å². The minimum Gasteiger partial charge on any atom is -0.391 e. The number of aliphatic hydroxyl groups is 1. The zero-order valence-corrected chi connectivity index (χ0v) is 12.9. The predicted molar refractivity (Wildman–Crippen MR) is 81.0 cm³/mol. The van der Waals surface area contributed by atoms with Gasteiger partial charge in [0.2, 0.25) is 0 Å². The topological polar surface area (TPSA) is 75.1 Å². The Morgan fingerprint density at radius 1 is 1.48 bits per heavy atom. The van der Waals surface area contributed by atoms with Crippen LogP contribution < -0.4 is 5.32 Å². The number of amides is 1. The van der Waals surface area contributed by atoms with Crippen molar-refractivity contribution in [2.45, 2.75) is 58.0 Å². The Balaban J connectivity index is 1.94. The summed E-state index contributed by atoms with van der Waals surface area (Å²) in [5.74, 6) is 1.11. The molecular formula is C16H25N3O2. The standard InChI is InChI=1S/C16H25N3O2/c1-3-11(2)14(20)10-18-16(21)13-8-9-17-15(19-13)12-6-4-5-7-12/h8-9,11-12,14,20H,3-7,10H2,1-2H3,(H,18,21). The van der Waals surface area contributed by atoms with Crippen molar-refractivity contribution < 1.29 is 9.90 Å². The number of hydrogen-bond acceptors (Lipinski definition) is 4. The third kappa shape index (κ3) is 4.24. The fourth-order valence-electron chi connectivity index (χ4n) is 2.64. The van der Waals surface area contributed by atoms with Gasteiger partial charge in [0, 0.05) is 18.7 Å². The van der Waals surface area contributed by atoms with Crippen molar-refractivity contribution in [3.8, 4) is 0 Å². The molecule has 0 saturated heterocycles. The van der Waals surface area contributed by atoms with Gasteiger partial charge in [0.05, 0.1) is 6.10 Å². The molecule has 5 nitrogen and oxygen atoms in total. The van der Waals surface area contributed by atoms with Gasteiger partial charge in [-0.25, -0.2) is 9.97 Å². The Hall–Kier alpha value is -1.49. The fraction of sp³-hybridized carbons (Fsp3) is 0.688. The zero-order chi connectivity index (χ0) is 15.2. The average Bonchev–Trinajstić information content (AvgIpc) is 3.06. The summed E-state index contributed by atoms with van der Waals surface area (Å²) in [5, 5.41) is 12.6. The summed E-state index contributed by atoms with van der Waals surface area (Å²) in [7, 11) is 0. The second-order valence-corrected chi connectivity index (χ2v) is 5.94. The Morgan fingerprint density at radius 3 is 2.86 bits per heavy atom. The minimum absolute atomic E-state index is 0.171. The first-order chi connectivity index (χ1) is 10.1. The number of nitrogens with one attached hydrogen (secondary N) is 1. The van der Waals surface area contributed by atoms with E-state index in [1.54, 1.807) is 12.3 Å². The largest absolute Gasteiger partial charge is 0.391 e. The smallest absolute Gasteiger partial charge is 0.270 e. The Bertz CT molecular complexity index is 472. The number of aliphatic hydroxyl groups excluding tert-OH is 1. The summed E-state index contributed by atoms with van der Waals surface area (Å²) in [6.45, 7) is 4.25. The molecule has 0 aromatic carbocycles. The van der Waals surface area contributed by atoms with E-state index in [-0.39, 0.29) is 18.4 Å². The van der Waals surface area contributed by atoms with Crippen LogP contribution in [0.2, 0.25) is 0 Å². The summed E-state index contributed by atoms with van der Waals surface area (Å²) in [6.07, 6.45) is 6.67. The van der Waals surface area contributed by atoms with Crippen LogP contribution in [-0.2, 0) is 0 Å². The first-order valence-corrected chi connectivity index (χ1v) is 7.91. The third-order valence-electron chi connectivity index (χ3n) is 4.40. The van der Waals surface area contributed by atoms with Crippen LogP contribution in [0.4, 0.5) is 0 Å². The number of rotatable bonds is 6. The molecule has 1 aliphatic rings. The van der Waals surface area contributed by atoms with Crippen molar-refractivity contribution in [3.63, 3.8) is 0 Å². The van der Waals surface area contributed by atoms with E-state index in [4.69, 9.17) is 0 Å². The Morgan fingerprint density at radius 2 is 2.19 bits per heavy atom. The summed E-state index contributed by atoms with van der Waals surface area (Å²) in [5.41, 5.74) is 0.392. The van der Waals surface area contributed by atoms with E-state index < -0.39 is 6.10 Å². The van der Waals surface area contributed by atoms with Gasteiger partial charge in [-0.1, -0.05) is 33.1 Å². The number of aromatic nitrogens is 2. The monoisotopic (exact) mass is 291 g/mol. The lowest BCUT2D eigenvalue weighted by molar-refractivity contribution is 0.0845. The van der Waals surface area contributed by atoms with E-state index in [9.17, 15) is 9.90 Å². The first kappa shape index (κ1) is 15.9. The summed E-state index contributed by atoms with van der Waals surface area (Å²) in [6, 6.07) is 1.63. The van der Waals surface area contributed by atoms with Gasteiger partial charge in [0.1, 0.15) is 11.5 Å². The predicted octanol–water partition coefficient (Wildman–Crippen LogP) is 2.27. The van der Waals surface area contributed by atoms with Gasteiger partial charge in [-0.15, -0.1) is 0 Å². The second kappa shape index (κ2) is 7.50. The molecule has 116 valence electrons. The van der Waals surface area contributed by atoms with Crippen molar-refractivity contribution in [3.05, 3.63) is 23.8 Å². The van der Waals surface area contributed by atoms with E-state index >= 15 is 0 Å².